The molecule has 0 spiro atoms. The van der Waals surface area contributed by atoms with Crippen molar-refractivity contribution in [3.63, 3.8) is 0 Å². The quantitative estimate of drug-likeness (QED) is 0.746. The molecule has 3 fully saturated rings. The molecule has 1 aromatic carbocycles. The van der Waals surface area contributed by atoms with Crippen molar-refractivity contribution in [3.8, 4) is 0 Å². The van der Waals surface area contributed by atoms with Gasteiger partial charge in [0.2, 0.25) is 11.8 Å². The number of nitrogens with one attached hydrogen (secondary N) is 2. The van der Waals surface area contributed by atoms with Crippen LogP contribution in [0.2, 0.25) is 0 Å². The van der Waals surface area contributed by atoms with Crippen LogP contribution >= 0.6 is 11.8 Å². The molecule has 0 bridgehead atoms. The molecule has 0 aliphatic carbocycles. The van der Waals surface area contributed by atoms with Crippen LogP contribution in [0, 0.1) is 5.92 Å². The van der Waals surface area contributed by atoms with Gasteiger partial charge in [-0.25, -0.2) is 4.79 Å². The standard InChI is InChI=1S/C22H29N5O3S/c28-20(12-15-11-18(23-13-15)21(29)26-9-10-31-14-26)25-7-5-16(6-8-25)27-19-4-2-1-3-17(19)24-22(27)30/h1-4,15-16,18,23H,5-14H2,(H,24,30)/t15?,18-/m0/s1. The minimum Gasteiger partial charge on any atom is -0.343 e. The van der Waals surface area contributed by atoms with E-state index in [0.717, 1.165) is 55.0 Å². The monoisotopic (exact) mass is 443 g/mol. The number of aromatic nitrogens is 2. The third-order valence-electron chi connectivity index (χ3n) is 6.85. The van der Waals surface area contributed by atoms with E-state index in [0.29, 0.717) is 19.5 Å². The number of likely N-dealkylation sites (tertiary alicyclic amines) is 1. The number of imidazole rings is 1. The zero-order valence-electron chi connectivity index (χ0n) is 17.6. The third kappa shape index (κ3) is 4.13. The Morgan fingerprint density at radius 2 is 1.90 bits per heavy atom. The molecule has 9 heteroatoms. The Hall–Kier alpha value is -2.26. The lowest BCUT2D eigenvalue weighted by molar-refractivity contribution is -0.134. The van der Waals surface area contributed by atoms with Crippen LogP contribution in [0.4, 0.5) is 0 Å². The molecule has 3 aliphatic rings. The van der Waals surface area contributed by atoms with Gasteiger partial charge in [-0.3, -0.25) is 14.2 Å². The number of H-pyrrole nitrogens is 1. The zero-order chi connectivity index (χ0) is 21.4. The van der Waals surface area contributed by atoms with Crippen LogP contribution in [0.1, 0.15) is 31.7 Å². The predicted molar refractivity (Wildman–Crippen MR) is 121 cm³/mol. The highest BCUT2D eigenvalue weighted by Gasteiger charge is 2.35. The number of aromatic amines is 1. The summed E-state index contributed by atoms with van der Waals surface area (Å²) in [5.74, 6) is 2.37. The number of hydrogen-bond acceptors (Lipinski definition) is 5. The van der Waals surface area contributed by atoms with Crippen molar-refractivity contribution in [2.24, 2.45) is 5.92 Å². The summed E-state index contributed by atoms with van der Waals surface area (Å²) < 4.78 is 1.85. The summed E-state index contributed by atoms with van der Waals surface area (Å²) >= 11 is 1.79. The van der Waals surface area contributed by atoms with E-state index in [4.69, 9.17) is 0 Å². The summed E-state index contributed by atoms with van der Waals surface area (Å²) in [6, 6.07) is 7.72. The van der Waals surface area contributed by atoms with Crippen LogP contribution in [-0.4, -0.2) is 75.0 Å². The predicted octanol–water partition coefficient (Wildman–Crippen LogP) is 1.39. The van der Waals surface area contributed by atoms with Gasteiger partial charge in [0.1, 0.15) is 0 Å². The van der Waals surface area contributed by atoms with Crippen molar-refractivity contribution in [2.75, 3.05) is 37.8 Å². The second-order valence-corrected chi connectivity index (χ2v) is 9.91. The number of carbonyl (C=O) groups is 2. The first-order valence-corrected chi connectivity index (χ1v) is 12.3. The fraction of sp³-hybridized carbons (Fsp3) is 0.591. The average molecular weight is 444 g/mol. The van der Waals surface area contributed by atoms with Gasteiger partial charge in [-0.1, -0.05) is 12.1 Å². The molecule has 31 heavy (non-hydrogen) atoms. The number of thioether (sulfide) groups is 1. The molecule has 2 N–H and O–H groups in total. The van der Waals surface area contributed by atoms with Gasteiger partial charge in [0, 0.05) is 37.8 Å². The van der Waals surface area contributed by atoms with Crippen molar-refractivity contribution < 1.29 is 9.59 Å². The highest BCUT2D eigenvalue weighted by Crippen LogP contribution is 2.27. The molecule has 2 aromatic rings. The van der Waals surface area contributed by atoms with Crippen molar-refractivity contribution in [3.05, 3.63) is 34.7 Å². The van der Waals surface area contributed by atoms with Crippen molar-refractivity contribution in [2.45, 2.75) is 37.8 Å². The van der Waals surface area contributed by atoms with E-state index in [1.165, 1.54) is 0 Å². The Labute approximate surface area is 185 Å². The van der Waals surface area contributed by atoms with E-state index >= 15 is 0 Å². The van der Waals surface area contributed by atoms with E-state index in [2.05, 4.69) is 10.3 Å². The molecule has 3 aliphatic heterocycles. The van der Waals surface area contributed by atoms with Gasteiger partial charge >= 0.3 is 5.69 Å². The van der Waals surface area contributed by atoms with Gasteiger partial charge in [-0.15, -0.1) is 11.8 Å². The summed E-state index contributed by atoms with van der Waals surface area (Å²) in [4.78, 5) is 44.7. The molecule has 5 rings (SSSR count). The number of amides is 2. The van der Waals surface area contributed by atoms with Gasteiger partial charge in [-0.2, -0.15) is 0 Å². The fourth-order valence-electron chi connectivity index (χ4n) is 5.15. The number of benzene rings is 1. The topological polar surface area (TPSA) is 90.4 Å². The molecular formula is C22H29N5O3S. The maximum absolute atomic E-state index is 12.9. The van der Waals surface area contributed by atoms with Crippen molar-refractivity contribution in [1.29, 1.82) is 0 Å². The minimum absolute atomic E-state index is 0.0740. The van der Waals surface area contributed by atoms with E-state index in [1.807, 2.05) is 38.6 Å². The number of nitrogens with zero attached hydrogens (tertiary/aromatic N) is 3. The molecule has 166 valence electrons. The molecule has 0 saturated carbocycles. The van der Waals surface area contributed by atoms with Gasteiger partial charge in [0.15, 0.2) is 0 Å². The van der Waals surface area contributed by atoms with Gasteiger partial charge in [0.25, 0.3) is 0 Å². The van der Waals surface area contributed by atoms with Crippen LogP contribution in [0.3, 0.4) is 0 Å². The average Bonchev–Trinajstić information content (AvgIpc) is 3.53. The van der Waals surface area contributed by atoms with E-state index < -0.39 is 0 Å². The summed E-state index contributed by atoms with van der Waals surface area (Å²) in [6.07, 6.45) is 2.80. The number of piperidine rings is 1. The van der Waals surface area contributed by atoms with E-state index in [9.17, 15) is 14.4 Å². The smallest absolute Gasteiger partial charge is 0.326 e. The molecule has 8 nitrogen and oxygen atoms in total. The first-order chi connectivity index (χ1) is 15.1. The second-order valence-electron chi connectivity index (χ2n) is 8.83. The highest BCUT2D eigenvalue weighted by atomic mass is 32.2. The Balaban J connectivity index is 1.14. The summed E-state index contributed by atoms with van der Waals surface area (Å²) in [6.45, 7) is 2.90. The van der Waals surface area contributed by atoms with Gasteiger partial charge < -0.3 is 20.1 Å². The fourth-order valence-corrected chi connectivity index (χ4v) is 6.10. The number of hydrogen-bond donors (Lipinski definition) is 2. The van der Waals surface area contributed by atoms with Crippen LogP contribution in [0.25, 0.3) is 11.0 Å². The molecule has 4 heterocycles. The first kappa shape index (κ1) is 20.6. The highest BCUT2D eigenvalue weighted by molar-refractivity contribution is 7.99. The second kappa shape index (κ2) is 8.70. The molecule has 2 amide bonds. The number of para-hydroxylation sites is 2. The Kier molecular flexibility index (Phi) is 5.79. The Bertz CT molecular complexity index is 1020. The van der Waals surface area contributed by atoms with E-state index in [1.54, 1.807) is 11.8 Å². The van der Waals surface area contributed by atoms with Crippen molar-refractivity contribution >= 4 is 34.6 Å². The number of rotatable bonds is 4. The lowest BCUT2D eigenvalue weighted by Gasteiger charge is -2.33. The molecule has 2 atom stereocenters. The lowest BCUT2D eigenvalue weighted by Crippen LogP contribution is -2.42. The molecule has 3 saturated heterocycles. The van der Waals surface area contributed by atoms with Crippen LogP contribution in [0.15, 0.2) is 29.1 Å². The van der Waals surface area contributed by atoms with Crippen LogP contribution < -0.4 is 11.0 Å². The Morgan fingerprint density at radius 3 is 2.68 bits per heavy atom. The summed E-state index contributed by atoms with van der Waals surface area (Å²) in [5, 5.41) is 3.33. The van der Waals surface area contributed by atoms with Crippen LogP contribution in [-0.2, 0) is 9.59 Å². The first-order valence-electron chi connectivity index (χ1n) is 11.2. The molecule has 1 aromatic heterocycles. The number of fused-ring (bicyclic) bond motifs is 1. The largest absolute Gasteiger partial charge is 0.343 e. The minimum atomic E-state index is -0.143. The molecule has 1 unspecified atom stereocenters. The summed E-state index contributed by atoms with van der Waals surface area (Å²) in [7, 11) is 0. The van der Waals surface area contributed by atoms with Crippen LogP contribution in [0.5, 0.6) is 0 Å². The molecular weight excluding hydrogens is 414 g/mol. The maximum atomic E-state index is 12.9. The number of carbonyl (C=O) groups excluding carboxylic acids is 2. The van der Waals surface area contributed by atoms with E-state index in [-0.39, 0.29) is 35.5 Å². The Morgan fingerprint density at radius 1 is 1.10 bits per heavy atom. The van der Waals surface area contributed by atoms with Gasteiger partial charge in [-0.05, 0) is 43.9 Å². The SMILES string of the molecule is O=C(CC1CN[C@H](C(=O)N2CCSC2)C1)N1CCC(n2c(=O)[nH]c3ccccc32)CC1. The lowest BCUT2D eigenvalue weighted by atomic mass is 9.98. The molecule has 0 radical (unpaired) electrons. The van der Waals surface area contributed by atoms with Crippen molar-refractivity contribution in [1.82, 2.24) is 24.7 Å². The third-order valence-corrected chi connectivity index (χ3v) is 7.82. The van der Waals surface area contributed by atoms with Gasteiger partial charge in [0.05, 0.1) is 23.0 Å². The zero-order valence-corrected chi connectivity index (χ0v) is 18.4. The maximum Gasteiger partial charge on any atom is 0.326 e. The summed E-state index contributed by atoms with van der Waals surface area (Å²) in [5.41, 5.74) is 1.72. The normalized spacial score (nSPS) is 24.9.